The van der Waals surface area contributed by atoms with E-state index < -0.39 is 27.6 Å². The maximum Gasteiger partial charge on any atom is 0.416 e. The second kappa shape index (κ2) is 5.03. The fraction of sp³-hybridized carbons (Fsp3) is 0.250. The van der Waals surface area contributed by atoms with Crippen molar-refractivity contribution in [2.75, 3.05) is 0 Å². The van der Waals surface area contributed by atoms with E-state index in [1.165, 1.54) is 0 Å². The monoisotopic (exact) mass is 276 g/mol. The summed E-state index contributed by atoms with van der Waals surface area (Å²) < 4.78 is 65.6. The average Bonchev–Trinajstić information content (AvgIpc) is 2.00. The van der Waals surface area contributed by atoms with E-state index in [2.05, 4.69) is 0 Å². The lowest BCUT2D eigenvalue weighted by molar-refractivity contribution is -0.137. The van der Waals surface area contributed by atoms with Crippen LogP contribution in [0.15, 0.2) is 24.3 Å². The van der Waals surface area contributed by atoms with Crippen LogP contribution in [0.5, 0.6) is 0 Å². The Hall–Kier alpha value is -0.790. The van der Waals surface area contributed by atoms with Crippen molar-refractivity contribution < 1.29 is 26.1 Å². The molecule has 0 saturated carbocycles. The highest BCUT2D eigenvalue weighted by molar-refractivity contribution is 7.85. The first-order valence-electron chi connectivity index (χ1n) is 3.80. The van der Waals surface area contributed by atoms with Crippen molar-refractivity contribution >= 4 is 22.5 Å². The molecule has 3 nitrogen and oxygen atoms in total. The quantitative estimate of drug-likeness (QED) is 0.845. The second-order valence-electron chi connectivity index (χ2n) is 2.92. The Balaban J connectivity index is 0.00000225. The Morgan fingerprint density at radius 1 is 1.12 bits per heavy atom. The summed E-state index contributed by atoms with van der Waals surface area (Å²) in [7, 11) is -4.21. The molecule has 0 aromatic heterocycles. The lowest BCUT2D eigenvalue weighted by Crippen LogP contribution is -2.06. The van der Waals surface area contributed by atoms with Crippen molar-refractivity contribution in [3.05, 3.63) is 35.4 Å². The molecule has 16 heavy (non-hydrogen) atoms. The van der Waals surface area contributed by atoms with Gasteiger partial charge in [0.05, 0.1) is 5.56 Å². The van der Waals surface area contributed by atoms with E-state index in [1.807, 2.05) is 0 Å². The molecule has 8 heteroatoms. The Morgan fingerprint density at radius 3 is 1.88 bits per heavy atom. The lowest BCUT2D eigenvalue weighted by Gasteiger charge is -2.06. The molecular weight excluding hydrogens is 269 g/mol. The van der Waals surface area contributed by atoms with Crippen LogP contribution in [0, 0.1) is 0 Å². The molecule has 0 aliphatic carbocycles. The third-order valence-electron chi connectivity index (χ3n) is 1.63. The van der Waals surface area contributed by atoms with Gasteiger partial charge in [0.15, 0.2) is 0 Å². The largest absolute Gasteiger partial charge is 0.416 e. The SMILES string of the molecule is Cl.O=S(=O)(O)Cc1ccc(C(F)(F)F)cc1. The molecule has 1 rings (SSSR count). The predicted octanol–water partition coefficient (Wildman–Crippen LogP) is 2.52. The van der Waals surface area contributed by atoms with Crippen molar-refractivity contribution in [2.45, 2.75) is 11.9 Å². The van der Waals surface area contributed by atoms with Crippen molar-refractivity contribution in [1.29, 1.82) is 0 Å². The zero-order valence-corrected chi connectivity index (χ0v) is 9.36. The van der Waals surface area contributed by atoms with Crippen LogP contribution in [0.1, 0.15) is 11.1 Å². The molecule has 1 aromatic carbocycles. The minimum Gasteiger partial charge on any atom is -0.285 e. The van der Waals surface area contributed by atoms with Crippen LogP contribution in [0.4, 0.5) is 13.2 Å². The fourth-order valence-electron chi connectivity index (χ4n) is 1.00. The lowest BCUT2D eigenvalue weighted by atomic mass is 10.1. The highest BCUT2D eigenvalue weighted by Gasteiger charge is 2.29. The molecule has 0 amide bonds. The third-order valence-corrected chi connectivity index (χ3v) is 2.33. The first-order chi connectivity index (χ1) is 6.68. The predicted molar refractivity (Wildman–Crippen MR) is 53.9 cm³/mol. The molecule has 1 N–H and O–H groups in total. The molecule has 0 atom stereocenters. The van der Waals surface area contributed by atoms with Crippen LogP contribution >= 0.6 is 12.4 Å². The van der Waals surface area contributed by atoms with Crippen LogP contribution in [0.2, 0.25) is 0 Å². The Labute approximate surface area is 96.4 Å². The van der Waals surface area contributed by atoms with Gasteiger partial charge in [0.2, 0.25) is 0 Å². The molecule has 1 aromatic rings. The minimum absolute atomic E-state index is 0. The molecule has 0 aliphatic heterocycles. The number of rotatable bonds is 2. The fourth-order valence-corrected chi connectivity index (χ4v) is 1.61. The van der Waals surface area contributed by atoms with Crippen molar-refractivity contribution in [1.82, 2.24) is 0 Å². The van der Waals surface area contributed by atoms with Crippen LogP contribution in [0.3, 0.4) is 0 Å². The highest BCUT2D eigenvalue weighted by Crippen LogP contribution is 2.29. The molecule has 0 spiro atoms. The zero-order chi connectivity index (χ0) is 11.7. The van der Waals surface area contributed by atoms with Crippen molar-refractivity contribution in [3.63, 3.8) is 0 Å². The van der Waals surface area contributed by atoms with Gasteiger partial charge in [-0.25, -0.2) is 0 Å². The normalized spacial score (nSPS) is 12.0. The number of hydrogen-bond donors (Lipinski definition) is 1. The smallest absolute Gasteiger partial charge is 0.285 e. The number of alkyl halides is 3. The molecular formula is C8H8ClF3O3S. The summed E-state index contributed by atoms with van der Waals surface area (Å²) in [5, 5.41) is 0. The van der Waals surface area contributed by atoms with Crippen LogP contribution in [0.25, 0.3) is 0 Å². The molecule has 0 saturated heterocycles. The molecule has 0 heterocycles. The molecule has 92 valence electrons. The van der Waals surface area contributed by atoms with Gasteiger partial charge in [-0.2, -0.15) is 21.6 Å². The Morgan fingerprint density at radius 2 is 1.56 bits per heavy atom. The minimum atomic E-state index is -4.45. The van der Waals surface area contributed by atoms with Gasteiger partial charge >= 0.3 is 6.18 Å². The first-order valence-corrected chi connectivity index (χ1v) is 5.41. The van der Waals surface area contributed by atoms with E-state index in [0.29, 0.717) is 0 Å². The number of halogens is 4. The second-order valence-corrected chi connectivity index (χ2v) is 4.37. The van der Waals surface area contributed by atoms with Gasteiger partial charge < -0.3 is 0 Å². The Bertz CT molecular complexity index is 439. The van der Waals surface area contributed by atoms with E-state index >= 15 is 0 Å². The van der Waals surface area contributed by atoms with Gasteiger partial charge in [0, 0.05) is 0 Å². The van der Waals surface area contributed by atoms with E-state index in [4.69, 9.17) is 4.55 Å². The van der Waals surface area contributed by atoms with Crippen molar-refractivity contribution in [2.24, 2.45) is 0 Å². The van der Waals surface area contributed by atoms with Gasteiger partial charge in [-0.15, -0.1) is 12.4 Å². The topological polar surface area (TPSA) is 54.4 Å². The summed E-state index contributed by atoms with van der Waals surface area (Å²) >= 11 is 0. The maximum absolute atomic E-state index is 12.1. The summed E-state index contributed by atoms with van der Waals surface area (Å²) in [6.07, 6.45) is -4.45. The average molecular weight is 277 g/mol. The summed E-state index contributed by atoms with van der Waals surface area (Å²) in [6.45, 7) is 0. The summed E-state index contributed by atoms with van der Waals surface area (Å²) in [5.74, 6) is -0.689. The molecule has 0 bridgehead atoms. The zero-order valence-electron chi connectivity index (χ0n) is 7.73. The standard InChI is InChI=1S/C8H7F3O3S.ClH/c9-8(10,11)7-3-1-6(2-4-7)5-15(12,13)14;/h1-4H,5H2,(H,12,13,14);1H. The first kappa shape index (κ1) is 15.2. The Kier molecular flexibility index (Phi) is 4.78. The van der Waals surface area contributed by atoms with Crippen LogP contribution < -0.4 is 0 Å². The molecule has 0 fully saturated rings. The van der Waals surface area contributed by atoms with Crippen LogP contribution in [-0.2, 0) is 22.0 Å². The van der Waals surface area contributed by atoms with E-state index in [9.17, 15) is 21.6 Å². The van der Waals surface area contributed by atoms with E-state index in [-0.39, 0.29) is 18.0 Å². The molecule has 0 unspecified atom stereocenters. The van der Waals surface area contributed by atoms with Gasteiger partial charge in [-0.1, -0.05) is 12.1 Å². The third kappa shape index (κ3) is 4.82. The van der Waals surface area contributed by atoms with Crippen molar-refractivity contribution in [3.8, 4) is 0 Å². The highest BCUT2D eigenvalue weighted by atomic mass is 35.5. The number of hydrogen-bond acceptors (Lipinski definition) is 2. The van der Waals surface area contributed by atoms with Crippen LogP contribution in [-0.4, -0.2) is 13.0 Å². The van der Waals surface area contributed by atoms with E-state index in [0.717, 1.165) is 24.3 Å². The van der Waals surface area contributed by atoms with Gasteiger partial charge in [-0.3, -0.25) is 4.55 Å². The molecule has 0 aliphatic rings. The maximum atomic E-state index is 12.1. The summed E-state index contributed by atoms with van der Waals surface area (Å²) in [5.41, 5.74) is -0.757. The summed E-state index contributed by atoms with van der Waals surface area (Å²) in [6, 6.07) is 3.55. The molecule has 0 radical (unpaired) electrons. The summed E-state index contributed by atoms with van der Waals surface area (Å²) in [4.78, 5) is 0. The van der Waals surface area contributed by atoms with Gasteiger partial charge in [0.25, 0.3) is 10.1 Å². The number of benzene rings is 1. The van der Waals surface area contributed by atoms with Gasteiger partial charge in [-0.05, 0) is 17.7 Å². The van der Waals surface area contributed by atoms with E-state index in [1.54, 1.807) is 0 Å². The van der Waals surface area contributed by atoms with Gasteiger partial charge in [0.1, 0.15) is 5.75 Å².